The number of aryl methyl sites for hydroxylation is 1. The molecule has 0 aliphatic carbocycles. The number of carbonyl (C=O) groups is 1. The first-order valence-electron chi connectivity index (χ1n) is 10.9. The maximum absolute atomic E-state index is 12.8. The van der Waals surface area contributed by atoms with Crippen LogP contribution in [0.4, 0.5) is 5.69 Å². The molecule has 0 bridgehead atoms. The largest absolute Gasteiger partial charge is 0.322 e. The highest BCUT2D eigenvalue weighted by molar-refractivity contribution is 7.90. The Hall–Kier alpha value is -4.37. The fourth-order valence-corrected chi connectivity index (χ4v) is 5.00. The van der Waals surface area contributed by atoms with E-state index in [2.05, 4.69) is 25.7 Å². The van der Waals surface area contributed by atoms with Crippen molar-refractivity contribution in [2.75, 3.05) is 5.32 Å². The molecule has 0 radical (unpaired) electrons. The predicted molar refractivity (Wildman–Crippen MR) is 134 cm³/mol. The van der Waals surface area contributed by atoms with Crippen molar-refractivity contribution >= 4 is 32.6 Å². The van der Waals surface area contributed by atoms with Crippen LogP contribution in [0, 0.1) is 6.92 Å². The van der Waals surface area contributed by atoms with E-state index in [1.807, 2.05) is 25.1 Å². The summed E-state index contributed by atoms with van der Waals surface area (Å²) in [5, 5.41) is 13.4. The van der Waals surface area contributed by atoms with Crippen molar-refractivity contribution < 1.29 is 13.2 Å². The Kier molecular flexibility index (Phi) is 5.84. The van der Waals surface area contributed by atoms with Crippen molar-refractivity contribution in [2.24, 2.45) is 0 Å². The van der Waals surface area contributed by atoms with Crippen LogP contribution >= 0.6 is 0 Å². The molecule has 0 saturated carbocycles. The smallest absolute Gasteiger partial charge is 0.255 e. The summed E-state index contributed by atoms with van der Waals surface area (Å²) in [5.41, 5.74) is 5.30. The molecular weight excluding hydrogens is 462 g/mol. The van der Waals surface area contributed by atoms with Crippen LogP contribution in [0.2, 0.25) is 0 Å². The van der Waals surface area contributed by atoms with Gasteiger partial charge in [-0.15, -0.1) is 5.10 Å². The monoisotopic (exact) mass is 483 g/mol. The Morgan fingerprint density at radius 1 is 0.914 bits per heavy atom. The minimum atomic E-state index is -3.45. The summed E-state index contributed by atoms with van der Waals surface area (Å²) in [4.78, 5) is 17.6. The van der Waals surface area contributed by atoms with Crippen molar-refractivity contribution in [3.05, 3.63) is 102 Å². The summed E-state index contributed by atoms with van der Waals surface area (Å²) in [6, 6.07) is 24.4. The number of fused-ring (bicyclic) bond motifs is 1. The summed E-state index contributed by atoms with van der Waals surface area (Å²) in [6.45, 7) is 1.91. The van der Waals surface area contributed by atoms with E-state index in [0.717, 1.165) is 11.1 Å². The fourth-order valence-electron chi connectivity index (χ4n) is 3.65. The van der Waals surface area contributed by atoms with Crippen LogP contribution in [-0.4, -0.2) is 34.7 Å². The maximum atomic E-state index is 12.8. The molecule has 2 N–H and O–H groups in total. The highest BCUT2D eigenvalue weighted by Gasteiger charge is 2.15. The number of benzene rings is 3. The van der Waals surface area contributed by atoms with E-state index in [0.29, 0.717) is 33.7 Å². The van der Waals surface area contributed by atoms with Gasteiger partial charge in [0.15, 0.2) is 9.84 Å². The Bertz CT molecular complexity index is 1630. The molecule has 0 unspecified atom stereocenters. The van der Waals surface area contributed by atoms with E-state index in [1.54, 1.807) is 66.7 Å². The standard InChI is InChI=1S/C26H21N5O3S/c1-17-5-11-22(12-6-17)35(33,34)16-18-7-9-21(10-8-18)27-26(32)20-4-2-3-19(15-20)23-13-14-24-25(28-23)30-31-29-24/h2-15H,16H2,1H3,(H,27,32)(H,28,29,30,31). The minimum absolute atomic E-state index is 0.116. The zero-order chi connectivity index (χ0) is 24.4. The van der Waals surface area contributed by atoms with E-state index >= 15 is 0 Å². The number of aromatic nitrogens is 4. The number of rotatable bonds is 6. The van der Waals surface area contributed by atoms with Crippen LogP contribution in [0.15, 0.2) is 89.8 Å². The summed E-state index contributed by atoms with van der Waals surface area (Å²) in [5.74, 6) is -0.399. The Morgan fingerprint density at radius 2 is 1.69 bits per heavy atom. The number of sulfone groups is 1. The van der Waals surface area contributed by atoms with Gasteiger partial charge in [-0.05, 0) is 61.0 Å². The van der Waals surface area contributed by atoms with Crippen LogP contribution < -0.4 is 5.32 Å². The number of H-pyrrole nitrogens is 1. The van der Waals surface area contributed by atoms with E-state index in [4.69, 9.17) is 0 Å². The third-order valence-corrected chi connectivity index (χ3v) is 7.25. The first kappa shape index (κ1) is 22.4. The third kappa shape index (κ3) is 4.95. The van der Waals surface area contributed by atoms with Crippen molar-refractivity contribution in [3.63, 3.8) is 0 Å². The molecule has 9 heteroatoms. The van der Waals surface area contributed by atoms with Crippen LogP contribution in [-0.2, 0) is 15.6 Å². The van der Waals surface area contributed by atoms with Gasteiger partial charge in [-0.2, -0.15) is 10.3 Å². The quantitative estimate of drug-likeness (QED) is 0.366. The molecule has 0 aliphatic rings. The summed E-state index contributed by atoms with van der Waals surface area (Å²) >= 11 is 0. The van der Waals surface area contributed by atoms with Crippen molar-refractivity contribution in [1.82, 2.24) is 20.4 Å². The second-order valence-electron chi connectivity index (χ2n) is 8.17. The van der Waals surface area contributed by atoms with Crippen LogP contribution in [0.25, 0.3) is 22.4 Å². The van der Waals surface area contributed by atoms with Gasteiger partial charge >= 0.3 is 0 Å². The molecule has 1 amide bonds. The second kappa shape index (κ2) is 9.11. The van der Waals surface area contributed by atoms with Gasteiger partial charge in [0.25, 0.3) is 5.91 Å². The average molecular weight is 484 g/mol. The van der Waals surface area contributed by atoms with E-state index in [-0.39, 0.29) is 16.6 Å². The summed E-state index contributed by atoms with van der Waals surface area (Å²) in [7, 11) is -3.45. The van der Waals surface area contributed by atoms with Gasteiger partial charge in [0.05, 0.1) is 16.3 Å². The van der Waals surface area contributed by atoms with Gasteiger partial charge in [0.1, 0.15) is 5.52 Å². The van der Waals surface area contributed by atoms with Crippen LogP contribution in [0.3, 0.4) is 0 Å². The average Bonchev–Trinajstić information content (AvgIpc) is 3.33. The summed E-state index contributed by atoms with van der Waals surface area (Å²) in [6.07, 6.45) is 0. The number of aromatic amines is 1. The SMILES string of the molecule is Cc1ccc(S(=O)(=O)Cc2ccc(NC(=O)c3cccc(-c4ccc5n[nH]nc5n4)c3)cc2)cc1. The molecule has 3 aromatic carbocycles. The normalized spacial score (nSPS) is 11.5. The maximum Gasteiger partial charge on any atom is 0.255 e. The Morgan fingerprint density at radius 3 is 2.46 bits per heavy atom. The molecule has 35 heavy (non-hydrogen) atoms. The van der Waals surface area contributed by atoms with Crippen molar-refractivity contribution in [1.29, 1.82) is 0 Å². The minimum Gasteiger partial charge on any atom is -0.322 e. The fraction of sp³-hybridized carbons (Fsp3) is 0.0769. The lowest BCUT2D eigenvalue weighted by molar-refractivity contribution is 0.102. The Labute approximate surface area is 202 Å². The zero-order valence-electron chi connectivity index (χ0n) is 18.8. The highest BCUT2D eigenvalue weighted by Crippen LogP contribution is 2.22. The van der Waals surface area contributed by atoms with E-state index in [1.165, 1.54) is 0 Å². The van der Waals surface area contributed by atoms with E-state index in [9.17, 15) is 13.2 Å². The molecule has 174 valence electrons. The predicted octanol–water partition coefficient (Wildman–Crippen LogP) is 4.55. The van der Waals surface area contributed by atoms with Gasteiger partial charge in [-0.3, -0.25) is 4.79 Å². The molecule has 5 rings (SSSR count). The lowest BCUT2D eigenvalue weighted by Gasteiger charge is -2.09. The molecule has 2 aromatic heterocycles. The lowest BCUT2D eigenvalue weighted by Crippen LogP contribution is -2.12. The van der Waals surface area contributed by atoms with Crippen LogP contribution in [0.1, 0.15) is 21.5 Å². The molecule has 0 saturated heterocycles. The number of anilines is 1. The van der Waals surface area contributed by atoms with Gasteiger partial charge in [-0.25, -0.2) is 13.4 Å². The topological polar surface area (TPSA) is 118 Å². The number of nitrogens with zero attached hydrogens (tertiary/aromatic N) is 3. The van der Waals surface area contributed by atoms with Crippen LogP contribution in [0.5, 0.6) is 0 Å². The Balaban J connectivity index is 1.29. The number of carbonyl (C=O) groups excluding carboxylic acids is 1. The van der Waals surface area contributed by atoms with Gasteiger partial charge < -0.3 is 5.32 Å². The van der Waals surface area contributed by atoms with Gasteiger partial charge in [-0.1, -0.05) is 42.0 Å². The van der Waals surface area contributed by atoms with Crippen molar-refractivity contribution in [2.45, 2.75) is 17.6 Å². The molecule has 0 aliphatic heterocycles. The molecule has 0 fully saturated rings. The lowest BCUT2D eigenvalue weighted by atomic mass is 10.1. The number of hydrogen-bond donors (Lipinski definition) is 2. The molecule has 5 aromatic rings. The second-order valence-corrected chi connectivity index (χ2v) is 10.2. The number of pyridine rings is 1. The molecule has 0 spiro atoms. The number of amides is 1. The zero-order valence-corrected chi connectivity index (χ0v) is 19.6. The first-order valence-corrected chi connectivity index (χ1v) is 12.5. The molecule has 2 heterocycles. The van der Waals surface area contributed by atoms with E-state index < -0.39 is 9.84 Å². The number of nitrogens with one attached hydrogen (secondary N) is 2. The first-order chi connectivity index (χ1) is 16.9. The molecular formula is C26H21N5O3S. The van der Waals surface area contributed by atoms with Crippen molar-refractivity contribution in [3.8, 4) is 11.3 Å². The molecule has 0 atom stereocenters. The summed E-state index contributed by atoms with van der Waals surface area (Å²) < 4.78 is 25.4. The van der Waals surface area contributed by atoms with Gasteiger partial charge in [0.2, 0.25) is 5.65 Å². The van der Waals surface area contributed by atoms with Gasteiger partial charge in [0, 0.05) is 16.8 Å². The third-order valence-electron chi connectivity index (χ3n) is 5.55. The molecule has 8 nitrogen and oxygen atoms in total. The number of hydrogen-bond acceptors (Lipinski definition) is 6. The highest BCUT2D eigenvalue weighted by atomic mass is 32.2.